The SMILES string of the molecule is CCC1CCC(CNC2CC3CCC2C3)CC1. The first-order chi connectivity index (χ1) is 8.35. The third-order valence-electron chi connectivity index (χ3n) is 5.95. The molecule has 0 aromatic heterocycles. The predicted octanol–water partition coefficient (Wildman–Crippen LogP) is 3.98. The molecule has 0 radical (unpaired) electrons. The summed E-state index contributed by atoms with van der Waals surface area (Å²) in [4.78, 5) is 0. The molecule has 0 amide bonds. The number of fused-ring (bicyclic) bond motifs is 2. The van der Waals surface area contributed by atoms with Crippen LogP contribution in [0.3, 0.4) is 0 Å². The maximum absolute atomic E-state index is 3.92. The first kappa shape index (κ1) is 12.0. The van der Waals surface area contributed by atoms with Crippen molar-refractivity contribution < 1.29 is 0 Å². The van der Waals surface area contributed by atoms with Crippen molar-refractivity contribution in [3.8, 4) is 0 Å². The molecular formula is C16H29N. The summed E-state index contributed by atoms with van der Waals surface area (Å²) in [5.74, 6) is 4.19. The van der Waals surface area contributed by atoms with Gasteiger partial charge in [-0.2, -0.15) is 0 Å². The summed E-state index contributed by atoms with van der Waals surface area (Å²) < 4.78 is 0. The van der Waals surface area contributed by atoms with E-state index in [0.717, 1.165) is 29.7 Å². The third kappa shape index (κ3) is 2.70. The highest BCUT2D eigenvalue weighted by atomic mass is 14.9. The molecule has 1 nitrogen and oxygen atoms in total. The van der Waals surface area contributed by atoms with Gasteiger partial charge in [0, 0.05) is 6.04 Å². The van der Waals surface area contributed by atoms with Gasteiger partial charge in [-0.05, 0) is 62.3 Å². The molecule has 0 aromatic carbocycles. The standard InChI is InChI=1S/C16H29N/c1-2-12-3-5-13(6-4-12)11-17-16-10-14-7-8-15(16)9-14/h12-17H,2-11H2,1H3. The van der Waals surface area contributed by atoms with Gasteiger partial charge in [0.25, 0.3) is 0 Å². The average molecular weight is 235 g/mol. The van der Waals surface area contributed by atoms with E-state index in [4.69, 9.17) is 0 Å². The van der Waals surface area contributed by atoms with Gasteiger partial charge in [0.1, 0.15) is 0 Å². The molecule has 0 spiro atoms. The van der Waals surface area contributed by atoms with Crippen molar-refractivity contribution in [3.05, 3.63) is 0 Å². The van der Waals surface area contributed by atoms with Gasteiger partial charge >= 0.3 is 0 Å². The van der Waals surface area contributed by atoms with E-state index in [2.05, 4.69) is 12.2 Å². The Kier molecular flexibility index (Phi) is 3.75. The minimum Gasteiger partial charge on any atom is -0.313 e. The molecular weight excluding hydrogens is 206 g/mol. The molecule has 3 fully saturated rings. The van der Waals surface area contributed by atoms with Crippen molar-refractivity contribution in [3.63, 3.8) is 0 Å². The van der Waals surface area contributed by atoms with Crippen molar-refractivity contribution in [1.82, 2.24) is 5.32 Å². The molecule has 3 saturated carbocycles. The highest BCUT2D eigenvalue weighted by Gasteiger charge is 2.39. The topological polar surface area (TPSA) is 12.0 Å². The zero-order valence-corrected chi connectivity index (χ0v) is 11.5. The fourth-order valence-electron chi connectivity index (χ4n) is 4.66. The van der Waals surface area contributed by atoms with Crippen LogP contribution in [0.5, 0.6) is 0 Å². The van der Waals surface area contributed by atoms with Gasteiger partial charge in [-0.1, -0.05) is 32.6 Å². The van der Waals surface area contributed by atoms with Gasteiger partial charge in [0.2, 0.25) is 0 Å². The molecule has 2 bridgehead atoms. The van der Waals surface area contributed by atoms with E-state index in [9.17, 15) is 0 Å². The number of hydrogen-bond acceptors (Lipinski definition) is 1. The van der Waals surface area contributed by atoms with Crippen molar-refractivity contribution >= 4 is 0 Å². The van der Waals surface area contributed by atoms with Gasteiger partial charge in [0.05, 0.1) is 0 Å². The number of rotatable bonds is 4. The van der Waals surface area contributed by atoms with Gasteiger partial charge in [-0.3, -0.25) is 0 Å². The van der Waals surface area contributed by atoms with Crippen molar-refractivity contribution in [1.29, 1.82) is 0 Å². The average Bonchev–Trinajstić information content (AvgIpc) is 2.99. The molecule has 1 heteroatoms. The number of nitrogens with one attached hydrogen (secondary N) is 1. The summed E-state index contributed by atoms with van der Waals surface area (Å²) in [5.41, 5.74) is 0. The lowest BCUT2D eigenvalue weighted by molar-refractivity contribution is 0.244. The van der Waals surface area contributed by atoms with E-state index in [1.165, 1.54) is 57.9 Å². The fraction of sp³-hybridized carbons (Fsp3) is 1.00. The lowest BCUT2D eigenvalue weighted by Crippen LogP contribution is -2.38. The first-order valence-corrected chi connectivity index (χ1v) is 8.08. The maximum atomic E-state index is 3.92. The van der Waals surface area contributed by atoms with Crippen LogP contribution in [-0.2, 0) is 0 Å². The molecule has 3 rings (SSSR count). The Hall–Kier alpha value is -0.0400. The molecule has 3 unspecified atom stereocenters. The minimum atomic E-state index is 0.901. The van der Waals surface area contributed by atoms with Crippen LogP contribution in [0.1, 0.15) is 64.7 Å². The second-order valence-corrected chi connectivity index (χ2v) is 6.98. The Balaban J connectivity index is 1.38. The lowest BCUT2D eigenvalue weighted by atomic mass is 9.80. The highest BCUT2D eigenvalue weighted by molar-refractivity contribution is 4.94. The molecule has 3 aliphatic carbocycles. The predicted molar refractivity (Wildman–Crippen MR) is 73.0 cm³/mol. The first-order valence-electron chi connectivity index (χ1n) is 8.08. The molecule has 1 N–H and O–H groups in total. The Labute approximate surface area is 107 Å². The van der Waals surface area contributed by atoms with Crippen LogP contribution in [0.4, 0.5) is 0 Å². The monoisotopic (exact) mass is 235 g/mol. The quantitative estimate of drug-likeness (QED) is 0.777. The van der Waals surface area contributed by atoms with Gasteiger partial charge in [-0.15, -0.1) is 0 Å². The molecule has 17 heavy (non-hydrogen) atoms. The normalized spacial score (nSPS) is 45.4. The molecule has 0 aromatic rings. The van der Waals surface area contributed by atoms with Crippen LogP contribution in [-0.4, -0.2) is 12.6 Å². The zero-order chi connectivity index (χ0) is 11.7. The van der Waals surface area contributed by atoms with Gasteiger partial charge in [0.15, 0.2) is 0 Å². The second-order valence-electron chi connectivity index (χ2n) is 6.98. The van der Waals surface area contributed by atoms with Crippen molar-refractivity contribution in [2.45, 2.75) is 70.8 Å². The van der Waals surface area contributed by atoms with Crippen molar-refractivity contribution in [2.75, 3.05) is 6.54 Å². The van der Waals surface area contributed by atoms with Crippen LogP contribution >= 0.6 is 0 Å². The van der Waals surface area contributed by atoms with Crippen LogP contribution < -0.4 is 5.32 Å². The van der Waals surface area contributed by atoms with E-state index in [1.54, 1.807) is 6.42 Å². The minimum absolute atomic E-state index is 0.901. The molecule has 0 heterocycles. The molecule has 3 atom stereocenters. The van der Waals surface area contributed by atoms with E-state index in [0.29, 0.717) is 0 Å². The summed E-state index contributed by atoms with van der Waals surface area (Å²) in [6, 6.07) is 0.901. The largest absolute Gasteiger partial charge is 0.313 e. The smallest absolute Gasteiger partial charge is 0.00981 e. The van der Waals surface area contributed by atoms with Crippen LogP contribution in [0.15, 0.2) is 0 Å². The second kappa shape index (κ2) is 5.30. The van der Waals surface area contributed by atoms with E-state index in [-0.39, 0.29) is 0 Å². The zero-order valence-electron chi connectivity index (χ0n) is 11.5. The molecule has 3 aliphatic rings. The Bertz CT molecular complexity index is 242. The summed E-state index contributed by atoms with van der Waals surface area (Å²) in [5, 5.41) is 3.92. The van der Waals surface area contributed by atoms with Gasteiger partial charge in [-0.25, -0.2) is 0 Å². The van der Waals surface area contributed by atoms with E-state index in [1.807, 2.05) is 0 Å². The summed E-state index contributed by atoms with van der Waals surface area (Å²) in [7, 11) is 0. The van der Waals surface area contributed by atoms with Crippen LogP contribution in [0.2, 0.25) is 0 Å². The number of hydrogen-bond donors (Lipinski definition) is 1. The van der Waals surface area contributed by atoms with E-state index >= 15 is 0 Å². The molecule has 98 valence electrons. The maximum Gasteiger partial charge on any atom is 0.00981 e. The molecule has 0 aliphatic heterocycles. The highest BCUT2D eigenvalue weighted by Crippen LogP contribution is 2.44. The summed E-state index contributed by atoms with van der Waals surface area (Å²) in [6.07, 6.45) is 13.5. The Morgan fingerprint density at radius 1 is 0.882 bits per heavy atom. The Morgan fingerprint density at radius 2 is 1.65 bits per heavy atom. The molecule has 0 saturated heterocycles. The fourth-order valence-corrected chi connectivity index (χ4v) is 4.66. The van der Waals surface area contributed by atoms with Gasteiger partial charge < -0.3 is 5.32 Å². The summed E-state index contributed by atoms with van der Waals surface area (Å²) >= 11 is 0. The summed E-state index contributed by atoms with van der Waals surface area (Å²) in [6.45, 7) is 3.68. The van der Waals surface area contributed by atoms with E-state index < -0.39 is 0 Å². The van der Waals surface area contributed by atoms with Crippen molar-refractivity contribution in [2.24, 2.45) is 23.7 Å². The van der Waals surface area contributed by atoms with Crippen LogP contribution in [0, 0.1) is 23.7 Å². The van der Waals surface area contributed by atoms with Crippen LogP contribution in [0.25, 0.3) is 0 Å². The lowest BCUT2D eigenvalue weighted by Gasteiger charge is -2.30. The third-order valence-corrected chi connectivity index (χ3v) is 5.95. The Morgan fingerprint density at radius 3 is 2.24 bits per heavy atom.